The van der Waals surface area contributed by atoms with Crippen LogP contribution in [0.5, 0.6) is 11.5 Å². The highest BCUT2D eigenvalue weighted by Crippen LogP contribution is 2.34. The fourth-order valence-electron chi connectivity index (χ4n) is 2.26. The second-order valence-electron chi connectivity index (χ2n) is 5.01. The number of benzene rings is 1. The van der Waals surface area contributed by atoms with Crippen LogP contribution in [0.1, 0.15) is 30.3 Å². The zero-order valence-electron chi connectivity index (χ0n) is 11.8. The summed E-state index contributed by atoms with van der Waals surface area (Å²) < 4.78 is 10.6. The lowest BCUT2D eigenvalue weighted by molar-refractivity contribution is 0.168. The molecule has 0 aliphatic carbocycles. The van der Waals surface area contributed by atoms with Gasteiger partial charge in [-0.15, -0.1) is 0 Å². The maximum Gasteiger partial charge on any atom is 0.231 e. The van der Waals surface area contributed by atoms with E-state index in [1.54, 1.807) is 6.20 Å². The van der Waals surface area contributed by atoms with Crippen LogP contribution >= 0.6 is 0 Å². The molecule has 0 radical (unpaired) electrons. The van der Waals surface area contributed by atoms with Gasteiger partial charge in [-0.05, 0) is 36.8 Å². The van der Waals surface area contributed by atoms with Crippen molar-refractivity contribution in [1.82, 2.24) is 10.3 Å². The highest BCUT2D eigenvalue weighted by atomic mass is 16.7. The molecule has 1 aliphatic heterocycles. The number of hydrogen-bond acceptors (Lipinski definition) is 5. The molecule has 1 aromatic carbocycles. The number of hydrogen-bond donors (Lipinski definition) is 2. The maximum absolute atomic E-state index is 10.3. The molecule has 5 nitrogen and oxygen atoms in total. The minimum atomic E-state index is -0.606. The molecular formula is C16H18N2O3. The number of aromatic nitrogens is 1. The lowest BCUT2D eigenvalue weighted by atomic mass is 10.1. The van der Waals surface area contributed by atoms with Crippen LogP contribution in [0.3, 0.4) is 0 Å². The van der Waals surface area contributed by atoms with Crippen molar-refractivity contribution < 1.29 is 14.6 Å². The Balaban J connectivity index is 1.60. The molecule has 2 unspecified atom stereocenters. The van der Waals surface area contributed by atoms with E-state index in [1.807, 2.05) is 43.3 Å². The van der Waals surface area contributed by atoms with Gasteiger partial charge in [0.25, 0.3) is 0 Å². The summed E-state index contributed by atoms with van der Waals surface area (Å²) in [6, 6.07) is 11.4. The third-order valence-corrected chi connectivity index (χ3v) is 3.53. The first-order chi connectivity index (χ1) is 10.2. The molecule has 110 valence electrons. The quantitative estimate of drug-likeness (QED) is 0.882. The van der Waals surface area contributed by atoms with Crippen LogP contribution in [-0.2, 0) is 0 Å². The molecule has 2 heterocycles. The van der Waals surface area contributed by atoms with Gasteiger partial charge in [-0.25, -0.2) is 0 Å². The Morgan fingerprint density at radius 2 is 2.10 bits per heavy atom. The average molecular weight is 286 g/mol. The number of pyridine rings is 1. The largest absolute Gasteiger partial charge is 0.454 e. The van der Waals surface area contributed by atoms with Crippen LogP contribution < -0.4 is 14.8 Å². The molecule has 1 aromatic heterocycles. The van der Waals surface area contributed by atoms with E-state index in [9.17, 15) is 5.11 Å². The Labute approximate surface area is 123 Å². The van der Waals surface area contributed by atoms with Gasteiger partial charge in [-0.1, -0.05) is 12.1 Å². The van der Waals surface area contributed by atoms with Gasteiger partial charge in [0.15, 0.2) is 11.5 Å². The molecule has 2 N–H and O–H groups in total. The van der Waals surface area contributed by atoms with Gasteiger partial charge in [0.2, 0.25) is 6.79 Å². The number of aliphatic hydroxyl groups excluding tert-OH is 1. The van der Waals surface area contributed by atoms with Gasteiger partial charge in [-0.2, -0.15) is 0 Å². The number of nitrogens with one attached hydrogen (secondary N) is 1. The minimum absolute atomic E-state index is 0.0786. The lowest BCUT2D eigenvalue weighted by Gasteiger charge is -2.17. The topological polar surface area (TPSA) is 63.6 Å². The molecular weight excluding hydrogens is 268 g/mol. The Morgan fingerprint density at radius 3 is 2.90 bits per heavy atom. The molecule has 5 heteroatoms. The second-order valence-corrected chi connectivity index (χ2v) is 5.01. The normalized spacial score (nSPS) is 15.7. The molecule has 0 saturated carbocycles. The molecule has 0 spiro atoms. The minimum Gasteiger partial charge on any atom is -0.454 e. The standard InChI is InChI=1S/C16H18N2O3/c1-11(13-4-2-3-7-17-13)18-9-14(19)12-5-6-15-16(8-12)21-10-20-15/h2-8,11,14,18-19H,9-10H2,1H3. The SMILES string of the molecule is CC(NCC(O)c1ccc2c(c1)OCO2)c1ccccn1. The maximum atomic E-state index is 10.3. The lowest BCUT2D eigenvalue weighted by Crippen LogP contribution is -2.25. The second kappa shape index (κ2) is 6.11. The van der Waals surface area contributed by atoms with Gasteiger partial charge >= 0.3 is 0 Å². The third-order valence-electron chi connectivity index (χ3n) is 3.53. The van der Waals surface area contributed by atoms with Crippen molar-refractivity contribution in [2.24, 2.45) is 0 Å². The Kier molecular flexibility index (Phi) is 4.03. The highest BCUT2D eigenvalue weighted by molar-refractivity contribution is 5.45. The number of nitrogens with zero attached hydrogens (tertiary/aromatic N) is 1. The van der Waals surface area contributed by atoms with Crippen molar-refractivity contribution in [3.63, 3.8) is 0 Å². The van der Waals surface area contributed by atoms with Crippen LogP contribution in [-0.4, -0.2) is 23.4 Å². The van der Waals surface area contributed by atoms with E-state index < -0.39 is 6.10 Å². The first kappa shape index (κ1) is 13.9. The van der Waals surface area contributed by atoms with Crippen molar-refractivity contribution in [2.75, 3.05) is 13.3 Å². The van der Waals surface area contributed by atoms with Crippen LogP contribution in [0.15, 0.2) is 42.6 Å². The van der Waals surface area contributed by atoms with E-state index >= 15 is 0 Å². The summed E-state index contributed by atoms with van der Waals surface area (Å²) in [5.74, 6) is 1.41. The molecule has 0 bridgehead atoms. The van der Waals surface area contributed by atoms with Crippen molar-refractivity contribution in [3.8, 4) is 11.5 Å². The predicted octanol–water partition coefficient (Wildman–Crippen LogP) is 2.19. The third kappa shape index (κ3) is 3.15. The smallest absolute Gasteiger partial charge is 0.231 e. The highest BCUT2D eigenvalue weighted by Gasteiger charge is 2.17. The first-order valence-corrected chi connectivity index (χ1v) is 6.96. The molecule has 1 aliphatic rings. The van der Waals surface area contributed by atoms with Gasteiger partial charge in [0, 0.05) is 18.8 Å². The van der Waals surface area contributed by atoms with E-state index in [2.05, 4.69) is 10.3 Å². The summed E-state index contributed by atoms with van der Waals surface area (Å²) in [6.07, 6.45) is 1.16. The number of aliphatic hydroxyl groups is 1. The molecule has 2 atom stereocenters. The van der Waals surface area contributed by atoms with Gasteiger partial charge in [0.05, 0.1) is 11.8 Å². The number of rotatable bonds is 5. The molecule has 0 amide bonds. The monoisotopic (exact) mass is 286 g/mol. The van der Waals surface area contributed by atoms with E-state index in [0.717, 1.165) is 17.0 Å². The van der Waals surface area contributed by atoms with E-state index in [1.165, 1.54) is 0 Å². The molecule has 0 fully saturated rings. The average Bonchev–Trinajstić information content (AvgIpc) is 3.00. The zero-order valence-corrected chi connectivity index (χ0v) is 11.8. The van der Waals surface area contributed by atoms with Crippen LogP contribution in [0, 0.1) is 0 Å². The molecule has 2 aromatic rings. The van der Waals surface area contributed by atoms with E-state index in [4.69, 9.17) is 9.47 Å². The summed E-state index contributed by atoms with van der Waals surface area (Å²) in [4.78, 5) is 4.30. The fourth-order valence-corrected chi connectivity index (χ4v) is 2.26. The summed E-state index contributed by atoms with van der Waals surface area (Å²) in [7, 11) is 0. The molecule has 0 saturated heterocycles. The molecule has 21 heavy (non-hydrogen) atoms. The first-order valence-electron chi connectivity index (χ1n) is 6.96. The summed E-state index contributed by atoms with van der Waals surface area (Å²) in [5.41, 5.74) is 1.76. The van der Waals surface area contributed by atoms with E-state index in [-0.39, 0.29) is 12.8 Å². The van der Waals surface area contributed by atoms with Crippen molar-refractivity contribution in [1.29, 1.82) is 0 Å². The van der Waals surface area contributed by atoms with Crippen LogP contribution in [0.25, 0.3) is 0 Å². The number of fused-ring (bicyclic) bond motifs is 1. The van der Waals surface area contributed by atoms with Gasteiger partial charge in [0.1, 0.15) is 0 Å². The Bertz CT molecular complexity index is 604. The summed E-state index contributed by atoms with van der Waals surface area (Å²) >= 11 is 0. The van der Waals surface area contributed by atoms with Crippen molar-refractivity contribution in [3.05, 3.63) is 53.9 Å². The van der Waals surface area contributed by atoms with Crippen LogP contribution in [0.4, 0.5) is 0 Å². The summed E-state index contributed by atoms with van der Waals surface area (Å²) in [6.45, 7) is 2.70. The van der Waals surface area contributed by atoms with Gasteiger partial charge < -0.3 is 19.9 Å². The van der Waals surface area contributed by atoms with E-state index in [0.29, 0.717) is 12.3 Å². The summed E-state index contributed by atoms with van der Waals surface area (Å²) in [5, 5.41) is 13.5. The van der Waals surface area contributed by atoms with Crippen molar-refractivity contribution in [2.45, 2.75) is 19.1 Å². The molecule has 3 rings (SSSR count). The Hall–Kier alpha value is -2.11. The predicted molar refractivity (Wildman–Crippen MR) is 78.2 cm³/mol. The zero-order chi connectivity index (χ0) is 14.7. The number of ether oxygens (including phenoxy) is 2. The van der Waals surface area contributed by atoms with Crippen LogP contribution in [0.2, 0.25) is 0 Å². The van der Waals surface area contributed by atoms with Crippen molar-refractivity contribution >= 4 is 0 Å². The fraction of sp³-hybridized carbons (Fsp3) is 0.312. The van der Waals surface area contributed by atoms with Gasteiger partial charge in [-0.3, -0.25) is 4.98 Å². The Morgan fingerprint density at radius 1 is 1.24 bits per heavy atom.